The van der Waals surface area contributed by atoms with E-state index in [1.165, 1.54) is 7.11 Å². The van der Waals surface area contributed by atoms with Gasteiger partial charge in [-0.3, -0.25) is 0 Å². The van der Waals surface area contributed by atoms with E-state index >= 15 is 0 Å². The number of anilines is 2. The van der Waals surface area contributed by atoms with E-state index in [0.29, 0.717) is 17.1 Å². The molecule has 4 nitrogen and oxygen atoms in total. The SMILES string of the molecule is COc1cc(-c2ccc(N)cc2N)ccc1O. The molecule has 4 heteroatoms. The van der Waals surface area contributed by atoms with Gasteiger partial charge >= 0.3 is 0 Å². The number of methoxy groups -OCH3 is 1. The lowest BCUT2D eigenvalue weighted by Gasteiger charge is -2.09. The molecule has 0 saturated carbocycles. The fraction of sp³-hybridized carbons (Fsp3) is 0.0769. The molecule has 5 N–H and O–H groups in total. The number of hydrogen-bond donors (Lipinski definition) is 3. The minimum Gasteiger partial charge on any atom is -0.504 e. The highest BCUT2D eigenvalue weighted by Gasteiger charge is 2.07. The van der Waals surface area contributed by atoms with Crippen LogP contribution in [0.5, 0.6) is 11.5 Å². The molecule has 2 aromatic rings. The van der Waals surface area contributed by atoms with Crippen molar-refractivity contribution in [2.24, 2.45) is 0 Å². The molecule has 0 aliphatic rings. The smallest absolute Gasteiger partial charge is 0.161 e. The molecule has 0 amide bonds. The van der Waals surface area contributed by atoms with Crippen LogP contribution in [0.15, 0.2) is 36.4 Å². The van der Waals surface area contributed by atoms with Gasteiger partial charge in [0.25, 0.3) is 0 Å². The number of nitrogen functional groups attached to an aromatic ring is 2. The molecule has 88 valence electrons. The maximum Gasteiger partial charge on any atom is 0.161 e. The highest BCUT2D eigenvalue weighted by Crippen LogP contribution is 2.34. The summed E-state index contributed by atoms with van der Waals surface area (Å²) in [5, 5.41) is 9.52. The maximum atomic E-state index is 9.52. The zero-order valence-corrected chi connectivity index (χ0v) is 9.47. The lowest BCUT2D eigenvalue weighted by molar-refractivity contribution is 0.373. The molecule has 2 rings (SSSR count). The molecule has 0 radical (unpaired) electrons. The first-order chi connectivity index (χ1) is 8.11. The van der Waals surface area contributed by atoms with Crippen molar-refractivity contribution < 1.29 is 9.84 Å². The van der Waals surface area contributed by atoms with Gasteiger partial charge in [0.2, 0.25) is 0 Å². The Bertz CT molecular complexity index is 553. The first-order valence-corrected chi connectivity index (χ1v) is 5.14. The van der Waals surface area contributed by atoms with Gasteiger partial charge in [0.1, 0.15) is 0 Å². The van der Waals surface area contributed by atoms with Gasteiger partial charge in [0, 0.05) is 16.9 Å². The molecule has 0 aromatic heterocycles. The van der Waals surface area contributed by atoms with Gasteiger partial charge in [-0.15, -0.1) is 0 Å². The lowest BCUT2D eigenvalue weighted by Crippen LogP contribution is -1.93. The Labute approximate surface area is 99.4 Å². The number of ether oxygens (including phenoxy) is 1. The van der Waals surface area contributed by atoms with Crippen molar-refractivity contribution in [3.05, 3.63) is 36.4 Å². The minimum atomic E-state index is 0.102. The first-order valence-electron chi connectivity index (χ1n) is 5.14. The van der Waals surface area contributed by atoms with Crippen molar-refractivity contribution in [1.82, 2.24) is 0 Å². The van der Waals surface area contributed by atoms with E-state index in [1.807, 2.05) is 6.07 Å². The van der Waals surface area contributed by atoms with Crippen LogP contribution in [0, 0.1) is 0 Å². The van der Waals surface area contributed by atoms with Crippen molar-refractivity contribution in [2.75, 3.05) is 18.6 Å². The normalized spacial score (nSPS) is 10.2. The summed E-state index contributed by atoms with van der Waals surface area (Å²) in [7, 11) is 1.51. The standard InChI is InChI=1S/C13H14N2O2/c1-17-13-6-8(2-5-12(13)16)10-4-3-9(14)7-11(10)15/h2-7,16H,14-15H2,1H3. The van der Waals surface area contributed by atoms with Crippen LogP contribution in [0.3, 0.4) is 0 Å². The molecule has 0 saturated heterocycles. The van der Waals surface area contributed by atoms with Crippen LogP contribution < -0.4 is 16.2 Å². The summed E-state index contributed by atoms with van der Waals surface area (Å²) >= 11 is 0. The molecular formula is C13H14N2O2. The molecule has 0 aliphatic heterocycles. The average molecular weight is 230 g/mol. The number of phenolic OH excluding ortho intramolecular Hbond substituents is 1. The van der Waals surface area contributed by atoms with E-state index in [-0.39, 0.29) is 5.75 Å². The van der Waals surface area contributed by atoms with Crippen molar-refractivity contribution in [3.63, 3.8) is 0 Å². The summed E-state index contributed by atoms with van der Waals surface area (Å²) in [5.41, 5.74) is 14.5. The molecule has 0 spiro atoms. The van der Waals surface area contributed by atoms with Crippen LogP contribution in [0.2, 0.25) is 0 Å². The average Bonchev–Trinajstić information content (AvgIpc) is 2.30. The van der Waals surface area contributed by atoms with Gasteiger partial charge in [-0.1, -0.05) is 12.1 Å². The number of phenols is 1. The quantitative estimate of drug-likeness (QED) is 0.691. The summed E-state index contributed by atoms with van der Waals surface area (Å²) < 4.78 is 5.06. The van der Waals surface area contributed by atoms with Crippen LogP contribution in [-0.2, 0) is 0 Å². The summed E-state index contributed by atoms with van der Waals surface area (Å²) in [6.45, 7) is 0. The second-order valence-corrected chi connectivity index (χ2v) is 3.73. The lowest BCUT2D eigenvalue weighted by atomic mass is 10.0. The van der Waals surface area contributed by atoms with Crippen molar-refractivity contribution in [2.45, 2.75) is 0 Å². The van der Waals surface area contributed by atoms with E-state index < -0.39 is 0 Å². The van der Waals surface area contributed by atoms with Crippen molar-refractivity contribution >= 4 is 11.4 Å². The van der Waals surface area contributed by atoms with Gasteiger partial charge in [0.05, 0.1) is 7.11 Å². The van der Waals surface area contributed by atoms with Crippen LogP contribution in [0.4, 0.5) is 11.4 Å². The zero-order valence-electron chi connectivity index (χ0n) is 9.47. The molecule has 0 atom stereocenters. The van der Waals surface area contributed by atoms with Crippen LogP contribution in [-0.4, -0.2) is 12.2 Å². The van der Waals surface area contributed by atoms with Gasteiger partial charge < -0.3 is 21.3 Å². The summed E-state index contributed by atoms with van der Waals surface area (Å²) in [4.78, 5) is 0. The van der Waals surface area contributed by atoms with E-state index in [2.05, 4.69) is 0 Å². The Kier molecular flexibility index (Phi) is 2.78. The Morgan fingerprint density at radius 1 is 1.06 bits per heavy atom. The predicted octanol–water partition coefficient (Wildman–Crippen LogP) is 2.23. The van der Waals surface area contributed by atoms with Gasteiger partial charge in [-0.2, -0.15) is 0 Å². The van der Waals surface area contributed by atoms with E-state index in [0.717, 1.165) is 11.1 Å². The largest absolute Gasteiger partial charge is 0.504 e. The van der Waals surface area contributed by atoms with Gasteiger partial charge in [-0.25, -0.2) is 0 Å². The number of benzene rings is 2. The maximum absolute atomic E-state index is 9.52. The third kappa shape index (κ3) is 2.10. The second-order valence-electron chi connectivity index (χ2n) is 3.73. The summed E-state index contributed by atoms with van der Waals surface area (Å²) in [6.07, 6.45) is 0. The molecule has 0 bridgehead atoms. The topological polar surface area (TPSA) is 81.5 Å². The predicted molar refractivity (Wildman–Crippen MR) is 68.9 cm³/mol. The highest BCUT2D eigenvalue weighted by molar-refractivity contribution is 5.80. The Hall–Kier alpha value is -2.36. The molecule has 0 unspecified atom stereocenters. The Morgan fingerprint density at radius 3 is 2.47 bits per heavy atom. The van der Waals surface area contributed by atoms with E-state index in [9.17, 15) is 5.11 Å². The fourth-order valence-corrected chi connectivity index (χ4v) is 1.69. The van der Waals surface area contributed by atoms with Gasteiger partial charge in [-0.05, 0) is 29.8 Å². The molecule has 0 heterocycles. The fourth-order valence-electron chi connectivity index (χ4n) is 1.69. The number of aromatic hydroxyl groups is 1. The summed E-state index contributed by atoms with van der Waals surface area (Å²) in [6, 6.07) is 10.4. The zero-order chi connectivity index (χ0) is 12.4. The summed E-state index contributed by atoms with van der Waals surface area (Å²) in [5.74, 6) is 0.518. The monoisotopic (exact) mass is 230 g/mol. The van der Waals surface area contributed by atoms with Gasteiger partial charge in [0.15, 0.2) is 11.5 Å². The number of rotatable bonds is 2. The van der Waals surface area contributed by atoms with Crippen LogP contribution in [0.25, 0.3) is 11.1 Å². The molecule has 0 aliphatic carbocycles. The number of hydrogen-bond acceptors (Lipinski definition) is 4. The Balaban J connectivity index is 2.53. The third-order valence-corrected chi connectivity index (χ3v) is 2.57. The molecule has 2 aromatic carbocycles. The first kappa shape index (κ1) is 11.1. The minimum absolute atomic E-state index is 0.102. The van der Waals surface area contributed by atoms with Crippen molar-refractivity contribution in [1.29, 1.82) is 0 Å². The van der Waals surface area contributed by atoms with E-state index in [4.69, 9.17) is 16.2 Å². The Morgan fingerprint density at radius 2 is 1.82 bits per heavy atom. The van der Waals surface area contributed by atoms with E-state index in [1.54, 1.807) is 30.3 Å². The number of nitrogens with two attached hydrogens (primary N) is 2. The van der Waals surface area contributed by atoms with Crippen molar-refractivity contribution in [3.8, 4) is 22.6 Å². The van der Waals surface area contributed by atoms with Crippen LogP contribution in [0.1, 0.15) is 0 Å². The second kappa shape index (κ2) is 4.25. The molecule has 17 heavy (non-hydrogen) atoms. The highest BCUT2D eigenvalue weighted by atomic mass is 16.5. The van der Waals surface area contributed by atoms with Crippen LogP contribution >= 0.6 is 0 Å². The third-order valence-electron chi connectivity index (χ3n) is 2.57. The molecule has 0 fully saturated rings. The molecular weight excluding hydrogens is 216 g/mol.